The van der Waals surface area contributed by atoms with Gasteiger partial charge in [-0.15, -0.1) is 0 Å². The largest absolute Gasteiger partial charge is 0.397 e. The van der Waals surface area contributed by atoms with Gasteiger partial charge in [0.2, 0.25) is 5.91 Å². The molecule has 0 aliphatic heterocycles. The summed E-state index contributed by atoms with van der Waals surface area (Å²) >= 11 is 5.81. The standard InChI is InChI=1S/C16H25ClN2O2/c1-12(2)5-3-9-21-10-4-6-16(20)19-15-8-7-13(17)11-14(15)18/h7-8,11-12H,3-6,9-10,18H2,1-2H3,(H,19,20). The van der Waals surface area contributed by atoms with E-state index in [2.05, 4.69) is 19.2 Å². The number of carbonyl (C=O) groups excluding carboxylic acids is 1. The van der Waals surface area contributed by atoms with Crippen LogP contribution in [-0.2, 0) is 9.53 Å². The number of nitrogens with two attached hydrogens (primary N) is 1. The fourth-order valence-electron chi connectivity index (χ4n) is 1.89. The summed E-state index contributed by atoms with van der Waals surface area (Å²) in [4.78, 5) is 11.8. The third kappa shape index (κ3) is 7.93. The molecule has 3 N–H and O–H groups in total. The van der Waals surface area contributed by atoms with Crippen molar-refractivity contribution in [1.82, 2.24) is 0 Å². The third-order valence-electron chi connectivity index (χ3n) is 3.05. The summed E-state index contributed by atoms with van der Waals surface area (Å²) in [6.45, 7) is 5.78. The highest BCUT2D eigenvalue weighted by Crippen LogP contribution is 2.22. The maximum Gasteiger partial charge on any atom is 0.224 e. The molecule has 0 aliphatic carbocycles. The molecule has 0 saturated heterocycles. The van der Waals surface area contributed by atoms with Crippen LogP contribution in [0.25, 0.3) is 0 Å². The van der Waals surface area contributed by atoms with Crippen molar-refractivity contribution in [3.63, 3.8) is 0 Å². The van der Waals surface area contributed by atoms with E-state index in [4.69, 9.17) is 22.1 Å². The van der Waals surface area contributed by atoms with Gasteiger partial charge >= 0.3 is 0 Å². The van der Waals surface area contributed by atoms with E-state index in [1.54, 1.807) is 18.2 Å². The molecular weight excluding hydrogens is 288 g/mol. The van der Waals surface area contributed by atoms with Crippen LogP contribution in [0.1, 0.15) is 39.5 Å². The Morgan fingerprint density at radius 1 is 1.33 bits per heavy atom. The number of hydrogen-bond donors (Lipinski definition) is 2. The second kappa shape index (κ2) is 9.64. The van der Waals surface area contributed by atoms with Crippen molar-refractivity contribution in [2.45, 2.75) is 39.5 Å². The molecule has 1 amide bonds. The zero-order chi connectivity index (χ0) is 15.7. The Morgan fingerprint density at radius 3 is 2.71 bits per heavy atom. The van der Waals surface area contributed by atoms with E-state index in [1.165, 1.54) is 6.42 Å². The Bertz CT molecular complexity index is 450. The maximum absolute atomic E-state index is 11.8. The quantitative estimate of drug-likeness (QED) is 0.533. The van der Waals surface area contributed by atoms with Gasteiger partial charge in [-0.3, -0.25) is 4.79 Å². The summed E-state index contributed by atoms with van der Waals surface area (Å²) in [5.74, 6) is 0.652. The Labute approximate surface area is 132 Å². The fourth-order valence-corrected chi connectivity index (χ4v) is 2.07. The predicted octanol–water partition coefficient (Wildman–Crippen LogP) is 4.09. The summed E-state index contributed by atoms with van der Waals surface area (Å²) in [5.41, 5.74) is 6.85. The first-order valence-corrected chi connectivity index (χ1v) is 7.79. The van der Waals surface area contributed by atoms with Crippen molar-refractivity contribution < 1.29 is 9.53 Å². The SMILES string of the molecule is CC(C)CCCOCCCC(=O)Nc1ccc(Cl)cc1N. The predicted molar refractivity (Wildman–Crippen MR) is 88.6 cm³/mol. The molecule has 0 atom stereocenters. The van der Waals surface area contributed by atoms with Crippen molar-refractivity contribution in [2.75, 3.05) is 24.3 Å². The van der Waals surface area contributed by atoms with Gasteiger partial charge in [-0.05, 0) is 43.4 Å². The minimum atomic E-state index is -0.0604. The number of carbonyl (C=O) groups is 1. The number of hydrogen-bond acceptors (Lipinski definition) is 3. The summed E-state index contributed by atoms with van der Waals surface area (Å²) in [7, 11) is 0. The zero-order valence-electron chi connectivity index (χ0n) is 12.8. The Hall–Kier alpha value is -1.26. The highest BCUT2D eigenvalue weighted by atomic mass is 35.5. The number of benzene rings is 1. The van der Waals surface area contributed by atoms with Gasteiger partial charge in [0, 0.05) is 24.7 Å². The Morgan fingerprint density at radius 2 is 2.05 bits per heavy atom. The number of nitrogen functional groups attached to an aromatic ring is 1. The lowest BCUT2D eigenvalue weighted by Crippen LogP contribution is -2.13. The number of anilines is 2. The monoisotopic (exact) mass is 312 g/mol. The van der Waals surface area contributed by atoms with Crippen LogP contribution in [0.15, 0.2) is 18.2 Å². The highest BCUT2D eigenvalue weighted by Gasteiger charge is 2.05. The first kappa shape index (κ1) is 17.8. The van der Waals surface area contributed by atoms with Gasteiger partial charge in [-0.25, -0.2) is 0 Å². The molecule has 0 aromatic heterocycles. The lowest BCUT2D eigenvalue weighted by Gasteiger charge is -2.09. The van der Waals surface area contributed by atoms with Crippen LogP contribution in [0.3, 0.4) is 0 Å². The molecule has 0 aliphatic rings. The van der Waals surface area contributed by atoms with Crippen molar-refractivity contribution in [2.24, 2.45) is 5.92 Å². The minimum Gasteiger partial charge on any atom is -0.397 e. The molecule has 0 saturated carbocycles. The lowest BCUT2D eigenvalue weighted by atomic mass is 10.1. The van der Waals surface area contributed by atoms with E-state index in [1.807, 2.05) is 0 Å². The summed E-state index contributed by atoms with van der Waals surface area (Å²) in [6, 6.07) is 5.03. The van der Waals surface area contributed by atoms with E-state index >= 15 is 0 Å². The maximum atomic E-state index is 11.8. The second-order valence-corrected chi connectivity index (χ2v) is 5.97. The van der Waals surface area contributed by atoms with Crippen molar-refractivity contribution in [1.29, 1.82) is 0 Å². The van der Waals surface area contributed by atoms with E-state index in [0.29, 0.717) is 41.8 Å². The van der Waals surface area contributed by atoms with Crippen molar-refractivity contribution >= 4 is 28.9 Å². The fraction of sp³-hybridized carbons (Fsp3) is 0.562. The van der Waals surface area contributed by atoms with Gasteiger partial charge < -0.3 is 15.8 Å². The Kier molecular flexibility index (Phi) is 8.16. The zero-order valence-corrected chi connectivity index (χ0v) is 13.6. The molecule has 5 heteroatoms. The smallest absolute Gasteiger partial charge is 0.224 e. The number of amides is 1. The normalized spacial score (nSPS) is 10.9. The molecule has 118 valence electrons. The van der Waals surface area contributed by atoms with Crippen LogP contribution in [0.2, 0.25) is 5.02 Å². The van der Waals surface area contributed by atoms with E-state index in [-0.39, 0.29) is 5.91 Å². The summed E-state index contributed by atoms with van der Waals surface area (Å²) in [6.07, 6.45) is 3.38. The average Bonchev–Trinajstić information content (AvgIpc) is 2.40. The molecule has 0 fully saturated rings. The van der Waals surface area contributed by atoms with Gasteiger partial charge in [0.25, 0.3) is 0 Å². The van der Waals surface area contributed by atoms with Crippen LogP contribution in [-0.4, -0.2) is 19.1 Å². The van der Waals surface area contributed by atoms with E-state index < -0.39 is 0 Å². The van der Waals surface area contributed by atoms with Gasteiger partial charge in [-0.1, -0.05) is 25.4 Å². The van der Waals surface area contributed by atoms with Crippen LogP contribution >= 0.6 is 11.6 Å². The topological polar surface area (TPSA) is 64.3 Å². The molecular formula is C16H25ClN2O2. The van der Waals surface area contributed by atoms with Gasteiger partial charge in [0.1, 0.15) is 0 Å². The number of ether oxygens (including phenoxy) is 1. The number of halogens is 1. The summed E-state index contributed by atoms with van der Waals surface area (Å²) < 4.78 is 5.50. The Balaban J connectivity index is 2.14. The van der Waals surface area contributed by atoms with Crippen LogP contribution in [0, 0.1) is 5.92 Å². The number of rotatable bonds is 9. The molecule has 21 heavy (non-hydrogen) atoms. The molecule has 0 bridgehead atoms. The molecule has 1 aromatic rings. The first-order chi connectivity index (χ1) is 9.99. The molecule has 1 rings (SSSR count). The molecule has 0 spiro atoms. The summed E-state index contributed by atoms with van der Waals surface area (Å²) in [5, 5.41) is 3.33. The average molecular weight is 313 g/mol. The van der Waals surface area contributed by atoms with Gasteiger partial charge in [0.05, 0.1) is 11.4 Å². The highest BCUT2D eigenvalue weighted by molar-refractivity contribution is 6.31. The molecule has 0 unspecified atom stereocenters. The van der Waals surface area contributed by atoms with E-state index in [9.17, 15) is 4.79 Å². The van der Waals surface area contributed by atoms with Gasteiger partial charge in [0.15, 0.2) is 0 Å². The third-order valence-corrected chi connectivity index (χ3v) is 3.29. The van der Waals surface area contributed by atoms with Crippen molar-refractivity contribution in [3.8, 4) is 0 Å². The van der Waals surface area contributed by atoms with Crippen LogP contribution < -0.4 is 11.1 Å². The molecule has 0 heterocycles. The number of nitrogens with one attached hydrogen (secondary N) is 1. The van der Waals surface area contributed by atoms with Crippen LogP contribution in [0.4, 0.5) is 11.4 Å². The van der Waals surface area contributed by atoms with E-state index in [0.717, 1.165) is 13.0 Å². The van der Waals surface area contributed by atoms with Crippen molar-refractivity contribution in [3.05, 3.63) is 23.2 Å². The molecule has 0 radical (unpaired) electrons. The molecule has 4 nitrogen and oxygen atoms in total. The molecule has 1 aromatic carbocycles. The van der Waals surface area contributed by atoms with Gasteiger partial charge in [-0.2, -0.15) is 0 Å². The lowest BCUT2D eigenvalue weighted by molar-refractivity contribution is -0.116. The second-order valence-electron chi connectivity index (χ2n) is 5.53. The first-order valence-electron chi connectivity index (χ1n) is 7.41. The van der Waals surface area contributed by atoms with Crippen LogP contribution in [0.5, 0.6) is 0 Å². The minimum absolute atomic E-state index is 0.0604.